The molecule has 1 aliphatic heterocycles. The number of piperazine rings is 1. The van der Waals surface area contributed by atoms with E-state index in [1.54, 1.807) is 18.0 Å². The van der Waals surface area contributed by atoms with Crippen molar-refractivity contribution in [1.82, 2.24) is 19.5 Å². The Hall–Kier alpha value is -3.03. The number of nitrogens with zero attached hydrogens (tertiary/aromatic N) is 5. The second kappa shape index (κ2) is 6.29. The van der Waals surface area contributed by atoms with Crippen LogP contribution < -0.4 is 20.2 Å². The number of imidazole rings is 1. The van der Waals surface area contributed by atoms with Crippen molar-refractivity contribution in [3.8, 4) is 5.75 Å². The molecule has 5 rings (SSSR count). The molecule has 2 fully saturated rings. The van der Waals surface area contributed by atoms with Crippen LogP contribution >= 0.6 is 0 Å². The summed E-state index contributed by atoms with van der Waals surface area (Å²) in [4.78, 5) is 28.8. The Balaban J connectivity index is 1.41. The fraction of sp³-hybridized carbons (Fsp3) is 0.421. The molecule has 3 aromatic rings. The molecule has 1 N–H and O–H groups in total. The Labute approximate surface area is 156 Å². The van der Waals surface area contributed by atoms with Gasteiger partial charge in [-0.2, -0.15) is 0 Å². The van der Waals surface area contributed by atoms with Gasteiger partial charge in [-0.15, -0.1) is 0 Å². The molecular formula is C19H22N6O2. The van der Waals surface area contributed by atoms with Crippen LogP contribution in [0, 0.1) is 0 Å². The predicted molar refractivity (Wildman–Crippen MR) is 104 cm³/mol. The molecule has 1 saturated carbocycles. The molecule has 3 heterocycles. The first-order valence-electron chi connectivity index (χ1n) is 9.34. The molecule has 1 aromatic carbocycles. The zero-order valence-electron chi connectivity index (χ0n) is 15.3. The van der Waals surface area contributed by atoms with E-state index in [2.05, 4.69) is 30.8 Å². The minimum atomic E-state index is -0.0816. The van der Waals surface area contributed by atoms with Crippen molar-refractivity contribution in [2.24, 2.45) is 0 Å². The minimum absolute atomic E-state index is 0.0816. The highest BCUT2D eigenvalue weighted by molar-refractivity contribution is 5.83. The monoisotopic (exact) mass is 366 g/mol. The number of H-pyrrole nitrogens is 1. The molecule has 0 spiro atoms. The highest BCUT2D eigenvalue weighted by Gasteiger charge is 2.30. The molecule has 0 atom stereocenters. The molecule has 1 aliphatic carbocycles. The van der Waals surface area contributed by atoms with E-state index in [4.69, 9.17) is 4.74 Å². The molecule has 2 aliphatic rings. The number of hydrogen-bond acceptors (Lipinski definition) is 6. The van der Waals surface area contributed by atoms with Gasteiger partial charge in [-0.3, -0.25) is 4.57 Å². The van der Waals surface area contributed by atoms with Crippen LogP contribution in [0.25, 0.3) is 11.2 Å². The Morgan fingerprint density at radius 3 is 2.56 bits per heavy atom. The van der Waals surface area contributed by atoms with Crippen LogP contribution in [0.2, 0.25) is 0 Å². The number of methoxy groups -OCH3 is 1. The van der Waals surface area contributed by atoms with Crippen molar-refractivity contribution in [1.29, 1.82) is 0 Å². The first kappa shape index (κ1) is 16.2. The van der Waals surface area contributed by atoms with Crippen LogP contribution in [0.1, 0.15) is 18.9 Å². The highest BCUT2D eigenvalue weighted by Crippen LogP contribution is 2.36. The second-order valence-corrected chi connectivity index (χ2v) is 7.07. The maximum atomic E-state index is 12.4. The van der Waals surface area contributed by atoms with Crippen molar-refractivity contribution in [2.45, 2.75) is 18.9 Å². The van der Waals surface area contributed by atoms with Gasteiger partial charge in [0.15, 0.2) is 11.5 Å². The lowest BCUT2D eigenvalue weighted by Crippen LogP contribution is -2.47. The largest absolute Gasteiger partial charge is 0.495 e. The summed E-state index contributed by atoms with van der Waals surface area (Å²) >= 11 is 0. The molecule has 2 aromatic heterocycles. The lowest BCUT2D eigenvalue weighted by atomic mass is 10.2. The number of anilines is 2. The molecule has 8 nitrogen and oxygen atoms in total. The summed E-state index contributed by atoms with van der Waals surface area (Å²) in [5.41, 5.74) is 2.50. The van der Waals surface area contributed by atoms with Crippen LogP contribution in [0.15, 0.2) is 35.4 Å². The van der Waals surface area contributed by atoms with Gasteiger partial charge in [0.05, 0.1) is 12.8 Å². The maximum absolute atomic E-state index is 12.4. The van der Waals surface area contributed by atoms with E-state index in [1.165, 1.54) is 0 Å². The summed E-state index contributed by atoms with van der Waals surface area (Å²) in [5.74, 6) is 1.71. The van der Waals surface area contributed by atoms with Crippen LogP contribution in [-0.2, 0) is 0 Å². The standard InChI is InChI=1S/C19H22N6O2/c1-27-15-5-3-2-4-14(15)23-8-10-24(11-9-23)17-16-18(21-12-20-17)25(13-6-7-13)19(26)22-16/h2-5,12-13H,6-11H2,1H3,(H,22,26). The van der Waals surface area contributed by atoms with Crippen molar-refractivity contribution in [2.75, 3.05) is 43.1 Å². The zero-order chi connectivity index (χ0) is 18.4. The van der Waals surface area contributed by atoms with Gasteiger partial charge >= 0.3 is 5.69 Å². The summed E-state index contributed by atoms with van der Waals surface area (Å²) < 4.78 is 7.28. The molecule has 0 unspecified atom stereocenters. The van der Waals surface area contributed by atoms with Crippen LogP contribution in [0.5, 0.6) is 5.75 Å². The molecule has 1 saturated heterocycles. The van der Waals surface area contributed by atoms with E-state index in [0.29, 0.717) is 0 Å². The molecule has 8 heteroatoms. The lowest BCUT2D eigenvalue weighted by molar-refractivity contribution is 0.413. The van der Waals surface area contributed by atoms with Gasteiger partial charge < -0.3 is 19.5 Å². The number of aromatic nitrogens is 4. The highest BCUT2D eigenvalue weighted by atomic mass is 16.5. The first-order chi connectivity index (χ1) is 13.3. The maximum Gasteiger partial charge on any atom is 0.328 e. The van der Waals surface area contributed by atoms with E-state index < -0.39 is 0 Å². The smallest absolute Gasteiger partial charge is 0.328 e. The summed E-state index contributed by atoms with van der Waals surface area (Å²) in [6.45, 7) is 3.36. The van der Waals surface area contributed by atoms with Crippen molar-refractivity contribution < 1.29 is 4.74 Å². The average molecular weight is 366 g/mol. The van der Waals surface area contributed by atoms with Gasteiger partial charge in [0.25, 0.3) is 0 Å². The van der Waals surface area contributed by atoms with Crippen molar-refractivity contribution in [3.05, 3.63) is 41.1 Å². The van der Waals surface area contributed by atoms with Gasteiger partial charge in [0.1, 0.15) is 17.6 Å². The van der Waals surface area contributed by atoms with Crippen LogP contribution in [0.3, 0.4) is 0 Å². The molecule has 0 amide bonds. The van der Waals surface area contributed by atoms with Crippen LogP contribution in [-0.4, -0.2) is 52.8 Å². The van der Waals surface area contributed by atoms with Crippen molar-refractivity contribution in [3.63, 3.8) is 0 Å². The van der Waals surface area contributed by atoms with Gasteiger partial charge in [-0.1, -0.05) is 12.1 Å². The third-order valence-electron chi connectivity index (χ3n) is 5.40. The molecule has 140 valence electrons. The third kappa shape index (κ3) is 2.72. The molecule has 0 bridgehead atoms. The Kier molecular flexibility index (Phi) is 3.77. The van der Waals surface area contributed by atoms with Crippen LogP contribution in [0.4, 0.5) is 11.5 Å². The number of rotatable bonds is 4. The molecular weight excluding hydrogens is 344 g/mol. The van der Waals surface area contributed by atoms with E-state index in [0.717, 1.165) is 67.4 Å². The summed E-state index contributed by atoms with van der Waals surface area (Å²) in [6.07, 6.45) is 3.66. The van der Waals surface area contributed by atoms with Gasteiger partial charge in [0.2, 0.25) is 0 Å². The van der Waals surface area contributed by atoms with E-state index in [1.807, 2.05) is 18.2 Å². The fourth-order valence-electron chi connectivity index (χ4n) is 3.89. The Bertz CT molecular complexity index is 1030. The van der Waals surface area contributed by atoms with Gasteiger partial charge in [-0.05, 0) is 25.0 Å². The first-order valence-corrected chi connectivity index (χ1v) is 9.34. The minimum Gasteiger partial charge on any atom is -0.495 e. The van der Waals surface area contributed by atoms with Crippen molar-refractivity contribution >= 4 is 22.7 Å². The summed E-state index contributed by atoms with van der Waals surface area (Å²) in [5, 5.41) is 0. The number of hydrogen-bond donors (Lipinski definition) is 1. The number of aromatic amines is 1. The second-order valence-electron chi connectivity index (χ2n) is 7.07. The summed E-state index contributed by atoms with van der Waals surface area (Å²) in [6, 6.07) is 8.38. The topological polar surface area (TPSA) is 79.3 Å². The number of para-hydroxylation sites is 2. The van der Waals surface area contributed by atoms with Gasteiger partial charge in [-0.25, -0.2) is 14.8 Å². The fourth-order valence-corrected chi connectivity index (χ4v) is 3.89. The Morgan fingerprint density at radius 2 is 1.81 bits per heavy atom. The quantitative estimate of drug-likeness (QED) is 0.758. The summed E-state index contributed by atoms with van der Waals surface area (Å²) in [7, 11) is 1.70. The molecule has 0 radical (unpaired) electrons. The SMILES string of the molecule is COc1ccccc1N1CCN(c2ncnc3c2[nH]c(=O)n3C2CC2)CC1. The van der Waals surface area contributed by atoms with Gasteiger partial charge in [0, 0.05) is 32.2 Å². The number of fused-ring (bicyclic) bond motifs is 1. The zero-order valence-corrected chi connectivity index (χ0v) is 15.3. The predicted octanol–water partition coefficient (Wildman–Crippen LogP) is 1.79. The lowest BCUT2D eigenvalue weighted by Gasteiger charge is -2.37. The number of benzene rings is 1. The average Bonchev–Trinajstić information content (AvgIpc) is 3.49. The Morgan fingerprint density at radius 1 is 1.07 bits per heavy atom. The number of ether oxygens (including phenoxy) is 1. The van der Waals surface area contributed by atoms with E-state index >= 15 is 0 Å². The normalized spacial score (nSPS) is 17.5. The number of nitrogens with one attached hydrogen (secondary N) is 1. The molecule has 27 heavy (non-hydrogen) atoms. The van der Waals surface area contributed by atoms with E-state index in [9.17, 15) is 4.79 Å². The van der Waals surface area contributed by atoms with E-state index in [-0.39, 0.29) is 11.7 Å². The third-order valence-corrected chi connectivity index (χ3v) is 5.40.